The topological polar surface area (TPSA) is 244 Å². The van der Waals surface area contributed by atoms with Gasteiger partial charge in [-0.05, 0) is 37.2 Å². The Balaban J connectivity index is 2.99. The lowest BCUT2D eigenvalue weighted by Crippen LogP contribution is -2.58. The zero-order chi connectivity index (χ0) is 28.7. The second kappa shape index (κ2) is 17.2. The van der Waals surface area contributed by atoms with Gasteiger partial charge >= 0.3 is 5.97 Å². The van der Waals surface area contributed by atoms with Crippen molar-refractivity contribution in [3.63, 3.8) is 0 Å². The number of nitrogens with one attached hydrogen (secondary N) is 4. The minimum absolute atomic E-state index is 0.0396. The van der Waals surface area contributed by atoms with Crippen LogP contribution in [0.3, 0.4) is 0 Å². The molecular weight excluding hydrogens is 514 g/mol. The van der Waals surface area contributed by atoms with Crippen LogP contribution in [0.5, 0.6) is 0 Å². The fourth-order valence-corrected chi connectivity index (χ4v) is 3.94. The molecule has 0 radical (unpaired) electrons. The number of hydrogen-bond acceptors (Lipinski definition) is 8. The lowest BCUT2D eigenvalue weighted by Gasteiger charge is -2.26. The van der Waals surface area contributed by atoms with E-state index >= 15 is 0 Å². The molecule has 1 aromatic heterocycles. The Hall–Kier alpha value is -3.33. The number of imidazole rings is 1. The molecule has 3 amide bonds. The summed E-state index contributed by atoms with van der Waals surface area (Å²) in [5.41, 5.74) is 17.1. The highest BCUT2D eigenvalue weighted by molar-refractivity contribution is 7.98. The van der Waals surface area contributed by atoms with Gasteiger partial charge in [-0.15, -0.1) is 0 Å². The minimum atomic E-state index is -1.17. The lowest BCUT2D eigenvalue weighted by atomic mass is 9.98. The number of H-pyrrole nitrogens is 1. The van der Waals surface area contributed by atoms with Gasteiger partial charge in [0.15, 0.2) is 5.96 Å². The van der Waals surface area contributed by atoms with Crippen molar-refractivity contribution in [1.29, 1.82) is 0 Å². The lowest BCUT2D eigenvalue weighted by molar-refractivity contribution is -0.143. The van der Waals surface area contributed by atoms with Crippen LogP contribution in [0.1, 0.15) is 45.2 Å². The van der Waals surface area contributed by atoms with Crippen LogP contribution in [-0.2, 0) is 25.6 Å². The molecule has 1 rings (SSSR count). The molecule has 15 heteroatoms. The molecule has 14 nitrogen and oxygen atoms in total. The predicted molar refractivity (Wildman–Crippen MR) is 146 cm³/mol. The van der Waals surface area contributed by atoms with E-state index in [1.54, 1.807) is 6.92 Å². The smallest absolute Gasteiger partial charge is 0.326 e. The van der Waals surface area contributed by atoms with Crippen LogP contribution in [0.4, 0.5) is 0 Å². The summed E-state index contributed by atoms with van der Waals surface area (Å²) in [5, 5.41) is 17.5. The molecule has 38 heavy (non-hydrogen) atoms. The molecule has 214 valence electrons. The normalized spacial score (nSPS) is 14.8. The number of nitrogens with zero attached hydrogens (tertiary/aromatic N) is 2. The highest BCUT2D eigenvalue weighted by atomic mass is 32.2. The first-order valence-corrected chi connectivity index (χ1v) is 13.8. The number of aliphatic carboxylic acids is 1. The molecule has 0 aliphatic rings. The number of rotatable bonds is 18. The third kappa shape index (κ3) is 11.8. The van der Waals surface area contributed by atoms with E-state index in [4.69, 9.17) is 17.2 Å². The van der Waals surface area contributed by atoms with Crippen LogP contribution < -0.4 is 33.2 Å². The molecule has 0 aliphatic carbocycles. The predicted octanol–water partition coefficient (Wildman–Crippen LogP) is -1.33. The van der Waals surface area contributed by atoms with Gasteiger partial charge in [-0.2, -0.15) is 11.8 Å². The van der Waals surface area contributed by atoms with E-state index in [0.717, 1.165) is 0 Å². The number of carbonyl (C=O) groups is 4. The van der Waals surface area contributed by atoms with Gasteiger partial charge in [0.2, 0.25) is 17.7 Å². The van der Waals surface area contributed by atoms with Gasteiger partial charge in [0.25, 0.3) is 0 Å². The van der Waals surface area contributed by atoms with E-state index < -0.39 is 47.9 Å². The molecule has 0 bridgehead atoms. The second-order valence-corrected chi connectivity index (χ2v) is 9.94. The van der Waals surface area contributed by atoms with E-state index in [0.29, 0.717) is 43.7 Å². The molecule has 0 fully saturated rings. The van der Waals surface area contributed by atoms with Crippen molar-refractivity contribution < 1.29 is 24.3 Å². The number of nitrogens with two attached hydrogens (primary N) is 3. The molecule has 11 N–H and O–H groups in total. The number of hydrogen-bond donors (Lipinski definition) is 8. The van der Waals surface area contributed by atoms with Crippen molar-refractivity contribution in [2.45, 2.75) is 70.1 Å². The van der Waals surface area contributed by atoms with Crippen molar-refractivity contribution in [3.8, 4) is 0 Å². The first-order chi connectivity index (χ1) is 18.0. The molecule has 0 saturated heterocycles. The number of carboxylic acid groups (broad SMARTS) is 1. The maximum absolute atomic E-state index is 13.3. The standard InChI is InChI=1S/C23H41N9O5S/c1-4-13(2)18(22(36)37)32-21(35)17(10-14-11-27-12-29-14)31-20(34)16(7-9-38-3)30-19(33)15(24)6-5-8-28-23(25)26/h11-13,15-18H,4-10,24H2,1-3H3,(H,27,29)(H,30,33)(H,31,34)(H,32,35)(H,36,37)(H4,25,26,28). The van der Waals surface area contributed by atoms with Crippen LogP contribution in [-0.4, -0.2) is 87.4 Å². The number of aromatic nitrogens is 2. The SMILES string of the molecule is CCC(C)C(NC(=O)C(Cc1cnc[nH]1)NC(=O)C(CCSC)NC(=O)C(N)CCCN=C(N)N)C(=O)O. The van der Waals surface area contributed by atoms with Crippen molar-refractivity contribution in [3.05, 3.63) is 18.2 Å². The van der Waals surface area contributed by atoms with Gasteiger partial charge in [0.05, 0.1) is 12.4 Å². The Kier molecular flexibility index (Phi) is 14.8. The van der Waals surface area contributed by atoms with Gasteiger partial charge in [-0.3, -0.25) is 19.4 Å². The van der Waals surface area contributed by atoms with Crippen molar-refractivity contribution in [2.24, 2.45) is 28.1 Å². The molecule has 5 atom stereocenters. The number of aliphatic imine (C=N–C) groups is 1. The largest absolute Gasteiger partial charge is 0.480 e. The van der Waals surface area contributed by atoms with Crippen LogP contribution in [0, 0.1) is 5.92 Å². The number of carboxylic acids is 1. The highest BCUT2D eigenvalue weighted by Crippen LogP contribution is 2.10. The fraction of sp³-hybridized carbons (Fsp3) is 0.652. The molecular formula is C23H41N9O5S. The zero-order valence-electron chi connectivity index (χ0n) is 22.1. The molecule has 1 heterocycles. The van der Waals surface area contributed by atoms with Crippen molar-refractivity contribution in [2.75, 3.05) is 18.6 Å². The number of guanidine groups is 1. The maximum atomic E-state index is 13.3. The number of aromatic amines is 1. The third-order valence-corrected chi connectivity index (χ3v) is 6.58. The van der Waals surface area contributed by atoms with Gasteiger partial charge in [0, 0.05) is 24.9 Å². The van der Waals surface area contributed by atoms with Crippen LogP contribution in [0.25, 0.3) is 0 Å². The average Bonchev–Trinajstić information content (AvgIpc) is 3.39. The Morgan fingerprint density at radius 1 is 1.11 bits per heavy atom. The Morgan fingerprint density at radius 3 is 2.32 bits per heavy atom. The van der Waals surface area contributed by atoms with E-state index in [9.17, 15) is 24.3 Å². The average molecular weight is 556 g/mol. The quantitative estimate of drug-likeness (QED) is 0.0602. The minimum Gasteiger partial charge on any atom is -0.480 e. The van der Waals surface area contributed by atoms with E-state index in [-0.39, 0.29) is 18.3 Å². The van der Waals surface area contributed by atoms with Crippen molar-refractivity contribution >= 4 is 41.4 Å². The number of amides is 3. The van der Waals surface area contributed by atoms with Gasteiger partial charge < -0.3 is 43.2 Å². The number of carbonyl (C=O) groups excluding carboxylic acids is 3. The second-order valence-electron chi connectivity index (χ2n) is 8.95. The number of thioether (sulfide) groups is 1. The summed E-state index contributed by atoms with van der Waals surface area (Å²) in [6.07, 6.45) is 6.44. The van der Waals surface area contributed by atoms with E-state index in [2.05, 4.69) is 30.9 Å². The van der Waals surface area contributed by atoms with Crippen LogP contribution in [0.2, 0.25) is 0 Å². The first kappa shape index (κ1) is 32.7. The summed E-state index contributed by atoms with van der Waals surface area (Å²) < 4.78 is 0. The van der Waals surface area contributed by atoms with Gasteiger partial charge in [-0.1, -0.05) is 20.3 Å². The molecule has 1 aromatic rings. The highest BCUT2D eigenvalue weighted by Gasteiger charge is 2.32. The zero-order valence-corrected chi connectivity index (χ0v) is 22.9. The molecule has 0 saturated carbocycles. The van der Waals surface area contributed by atoms with Gasteiger partial charge in [-0.25, -0.2) is 9.78 Å². The third-order valence-electron chi connectivity index (χ3n) is 5.94. The van der Waals surface area contributed by atoms with Gasteiger partial charge in [0.1, 0.15) is 18.1 Å². The monoisotopic (exact) mass is 555 g/mol. The Bertz CT molecular complexity index is 924. The van der Waals surface area contributed by atoms with Crippen LogP contribution >= 0.6 is 11.8 Å². The van der Waals surface area contributed by atoms with E-state index in [1.165, 1.54) is 24.3 Å². The first-order valence-electron chi connectivity index (χ1n) is 12.4. The fourth-order valence-electron chi connectivity index (χ4n) is 3.47. The summed E-state index contributed by atoms with van der Waals surface area (Å²) in [6, 6.07) is -4.08. The summed E-state index contributed by atoms with van der Waals surface area (Å²) in [7, 11) is 0. The Morgan fingerprint density at radius 2 is 1.76 bits per heavy atom. The molecule has 0 spiro atoms. The Labute approximate surface area is 226 Å². The molecule has 5 unspecified atom stereocenters. The molecule has 0 aliphatic heterocycles. The van der Waals surface area contributed by atoms with Crippen molar-refractivity contribution in [1.82, 2.24) is 25.9 Å². The summed E-state index contributed by atoms with van der Waals surface area (Å²) in [4.78, 5) is 61.5. The summed E-state index contributed by atoms with van der Waals surface area (Å²) >= 11 is 1.49. The van der Waals surface area contributed by atoms with Crippen LogP contribution in [0.15, 0.2) is 17.5 Å². The molecule has 0 aromatic carbocycles. The maximum Gasteiger partial charge on any atom is 0.326 e. The summed E-state index contributed by atoms with van der Waals surface area (Å²) in [5.74, 6) is -2.76. The van der Waals surface area contributed by atoms with E-state index in [1.807, 2.05) is 13.2 Å². The summed E-state index contributed by atoms with van der Waals surface area (Å²) in [6.45, 7) is 3.86.